The Morgan fingerprint density at radius 1 is 0.560 bits per heavy atom. The summed E-state index contributed by atoms with van der Waals surface area (Å²) in [6.07, 6.45) is 1.15. The summed E-state index contributed by atoms with van der Waals surface area (Å²) in [7, 11) is -0.623. The molecule has 0 saturated carbocycles. The lowest BCUT2D eigenvalue weighted by molar-refractivity contribution is 0.643. The smallest absolute Gasteiger partial charge is 0.0622 e. The molecule has 0 nitrogen and oxygen atoms in total. The molecule has 0 spiro atoms. The molecule has 0 amide bonds. The van der Waals surface area contributed by atoms with Gasteiger partial charge in [-0.2, -0.15) is 0 Å². The van der Waals surface area contributed by atoms with Crippen molar-refractivity contribution >= 4 is 8.80 Å². The zero-order valence-corrected chi connectivity index (χ0v) is 16.3. The van der Waals surface area contributed by atoms with Crippen molar-refractivity contribution in [1.82, 2.24) is 0 Å². The zero-order valence-electron chi connectivity index (χ0n) is 15.3. The fourth-order valence-electron chi connectivity index (χ4n) is 3.46. The third-order valence-electron chi connectivity index (χ3n) is 4.97. The first kappa shape index (κ1) is 17.7. The Morgan fingerprint density at radius 3 is 1.32 bits per heavy atom. The highest BCUT2D eigenvalue weighted by Gasteiger charge is 2.31. The van der Waals surface area contributed by atoms with Crippen molar-refractivity contribution in [2.45, 2.75) is 37.4 Å². The van der Waals surface area contributed by atoms with Crippen molar-refractivity contribution in [1.29, 1.82) is 0 Å². The van der Waals surface area contributed by atoms with Crippen LogP contribution in [0.25, 0.3) is 0 Å². The molecule has 25 heavy (non-hydrogen) atoms. The van der Waals surface area contributed by atoms with Gasteiger partial charge in [-0.1, -0.05) is 116 Å². The first-order chi connectivity index (χ1) is 12.1. The van der Waals surface area contributed by atoms with Crippen LogP contribution in [0.4, 0.5) is 0 Å². The van der Waals surface area contributed by atoms with Crippen LogP contribution in [0.3, 0.4) is 0 Å². The molecule has 3 aromatic rings. The van der Waals surface area contributed by atoms with E-state index in [-0.39, 0.29) is 0 Å². The Bertz CT molecular complexity index is 706. The zero-order chi connectivity index (χ0) is 17.5. The number of hydrogen-bond acceptors (Lipinski definition) is 0. The minimum Gasteiger partial charge on any atom is -0.0622 e. The molecular weight excluding hydrogens is 316 g/mol. The van der Waals surface area contributed by atoms with E-state index in [0.29, 0.717) is 5.04 Å². The SMILES string of the molecule is CC(C)(Cc1ccccc1)[Si](Cc1ccccc1)Cc1ccccc1. The quantitative estimate of drug-likeness (QED) is 0.457. The summed E-state index contributed by atoms with van der Waals surface area (Å²) in [5, 5.41) is 0.331. The number of hydrogen-bond donors (Lipinski definition) is 0. The van der Waals surface area contributed by atoms with Gasteiger partial charge in [0.2, 0.25) is 0 Å². The molecule has 0 atom stereocenters. The van der Waals surface area contributed by atoms with Gasteiger partial charge in [-0.25, -0.2) is 0 Å². The largest absolute Gasteiger partial charge is 0.0635 e. The Morgan fingerprint density at radius 2 is 0.920 bits per heavy atom. The average Bonchev–Trinajstić information content (AvgIpc) is 2.63. The Hall–Kier alpha value is -2.12. The van der Waals surface area contributed by atoms with Gasteiger partial charge >= 0.3 is 0 Å². The molecule has 0 fully saturated rings. The second-order valence-electron chi connectivity index (χ2n) is 7.47. The molecule has 1 heteroatoms. The normalized spacial score (nSPS) is 11.6. The van der Waals surface area contributed by atoms with Gasteiger partial charge in [0.25, 0.3) is 0 Å². The maximum absolute atomic E-state index is 2.47. The van der Waals surface area contributed by atoms with Gasteiger partial charge in [0.15, 0.2) is 0 Å². The summed E-state index contributed by atoms with van der Waals surface area (Å²) in [4.78, 5) is 0. The van der Waals surface area contributed by atoms with Gasteiger partial charge in [0.1, 0.15) is 0 Å². The van der Waals surface area contributed by atoms with Crippen LogP contribution in [0.1, 0.15) is 30.5 Å². The average molecular weight is 344 g/mol. The maximum atomic E-state index is 2.47. The van der Waals surface area contributed by atoms with Gasteiger partial charge in [-0.15, -0.1) is 0 Å². The predicted octanol–water partition coefficient (Wildman–Crippen LogP) is 6.07. The summed E-state index contributed by atoms with van der Waals surface area (Å²) < 4.78 is 0. The number of rotatable bonds is 7. The molecular formula is C24H27Si. The Labute approximate surface area is 154 Å². The molecule has 0 aliphatic rings. The molecule has 0 bridgehead atoms. The van der Waals surface area contributed by atoms with Crippen LogP contribution in [0.2, 0.25) is 5.04 Å². The predicted molar refractivity (Wildman–Crippen MR) is 110 cm³/mol. The van der Waals surface area contributed by atoms with E-state index >= 15 is 0 Å². The molecule has 0 aromatic heterocycles. The second-order valence-corrected chi connectivity index (χ2v) is 10.7. The van der Waals surface area contributed by atoms with Crippen LogP contribution in [-0.2, 0) is 18.5 Å². The molecule has 0 unspecified atom stereocenters. The van der Waals surface area contributed by atoms with E-state index in [1.165, 1.54) is 28.8 Å². The van der Waals surface area contributed by atoms with Gasteiger partial charge in [0.05, 0.1) is 8.80 Å². The highest BCUT2D eigenvalue weighted by atomic mass is 28.3. The Kier molecular flexibility index (Phi) is 5.88. The van der Waals surface area contributed by atoms with Crippen LogP contribution in [0.15, 0.2) is 91.0 Å². The van der Waals surface area contributed by atoms with E-state index in [1.54, 1.807) is 0 Å². The van der Waals surface area contributed by atoms with E-state index < -0.39 is 8.80 Å². The molecule has 0 saturated heterocycles. The lowest BCUT2D eigenvalue weighted by Gasteiger charge is -2.34. The van der Waals surface area contributed by atoms with Crippen LogP contribution >= 0.6 is 0 Å². The highest BCUT2D eigenvalue weighted by Crippen LogP contribution is 2.36. The standard InChI is InChI=1S/C24H27Si/c1-24(2,18-21-12-6-3-7-13-21)25(19-22-14-8-4-9-15-22)20-23-16-10-5-11-17-23/h3-17H,18-20H2,1-2H3. The van der Waals surface area contributed by atoms with Crippen molar-refractivity contribution in [3.63, 3.8) is 0 Å². The van der Waals surface area contributed by atoms with Crippen molar-refractivity contribution in [3.8, 4) is 0 Å². The van der Waals surface area contributed by atoms with E-state index in [2.05, 4.69) is 105 Å². The summed E-state index contributed by atoms with van der Waals surface area (Å²) in [6, 6.07) is 35.5. The summed E-state index contributed by atoms with van der Waals surface area (Å²) in [5.74, 6) is 0. The fraction of sp³-hybridized carbons (Fsp3) is 0.250. The lowest BCUT2D eigenvalue weighted by Crippen LogP contribution is -2.35. The molecule has 0 aliphatic heterocycles. The summed E-state index contributed by atoms with van der Waals surface area (Å²) >= 11 is 0. The van der Waals surface area contributed by atoms with Gasteiger partial charge < -0.3 is 0 Å². The second kappa shape index (κ2) is 8.31. The number of benzene rings is 3. The molecule has 3 aromatic carbocycles. The van der Waals surface area contributed by atoms with Crippen LogP contribution in [0.5, 0.6) is 0 Å². The van der Waals surface area contributed by atoms with E-state index in [1.807, 2.05) is 0 Å². The Balaban J connectivity index is 1.83. The van der Waals surface area contributed by atoms with Crippen LogP contribution in [0, 0.1) is 0 Å². The summed E-state index contributed by atoms with van der Waals surface area (Å²) in [5.41, 5.74) is 4.41. The maximum Gasteiger partial charge on any atom is 0.0635 e. The molecule has 3 rings (SSSR count). The van der Waals surface area contributed by atoms with E-state index in [9.17, 15) is 0 Å². The van der Waals surface area contributed by atoms with Gasteiger partial charge in [0, 0.05) is 0 Å². The first-order valence-corrected chi connectivity index (χ1v) is 11.0. The minimum atomic E-state index is -0.623. The molecule has 1 radical (unpaired) electrons. The molecule has 0 N–H and O–H groups in total. The monoisotopic (exact) mass is 343 g/mol. The highest BCUT2D eigenvalue weighted by molar-refractivity contribution is 6.61. The third kappa shape index (κ3) is 5.17. The molecule has 0 aliphatic carbocycles. The fourth-order valence-corrected chi connectivity index (χ4v) is 6.45. The molecule has 127 valence electrons. The van der Waals surface area contributed by atoms with Crippen molar-refractivity contribution < 1.29 is 0 Å². The topological polar surface area (TPSA) is 0 Å². The van der Waals surface area contributed by atoms with E-state index in [0.717, 1.165) is 6.42 Å². The van der Waals surface area contributed by atoms with Crippen LogP contribution < -0.4 is 0 Å². The van der Waals surface area contributed by atoms with Gasteiger partial charge in [-0.05, 0) is 29.1 Å². The van der Waals surface area contributed by atoms with Crippen molar-refractivity contribution in [2.24, 2.45) is 0 Å². The molecule has 0 heterocycles. The van der Waals surface area contributed by atoms with Crippen molar-refractivity contribution in [3.05, 3.63) is 108 Å². The van der Waals surface area contributed by atoms with Crippen LogP contribution in [-0.4, -0.2) is 8.80 Å². The third-order valence-corrected chi connectivity index (χ3v) is 8.73. The minimum absolute atomic E-state index is 0.331. The summed E-state index contributed by atoms with van der Waals surface area (Å²) in [6.45, 7) is 4.94. The lowest BCUT2D eigenvalue weighted by atomic mass is 10.0. The van der Waals surface area contributed by atoms with Gasteiger partial charge in [-0.3, -0.25) is 0 Å². The van der Waals surface area contributed by atoms with Crippen molar-refractivity contribution in [2.75, 3.05) is 0 Å². The van der Waals surface area contributed by atoms with E-state index in [4.69, 9.17) is 0 Å². The first-order valence-electron chi connectivity index (χ1n) is 9.10.